The van der Waals surface area contributed by atoms with E-state index in [-0.39, 0.29) is 0 Å². The van der Waals surface area contributed by atoms with Crippen molar-refractivity contribution in [3.63, 3.8) is 0 Å². The summed E-state index contributed by atoms with van der Waals surface area (Å²) in [6.45, 7) is 11.9. The van der Waals surface area contributed by atoms with Gasteiger partial charge in [-0.1, -0.05) is 25.1 Å². The highest BCUT2D eigenvalue weighted by Gasteiger charge is 2.22. The molecule has 2 heterocycles. The molecule has 0 saturated carbocycles. The summed E-state index contributed by atoms with van der Waals surface area (Å²) in [4.78, 5) is 12.1. The minimum Gasteiger partial charge on any atom is -0.370 e. The van der Waals surface area contributed by atoms with E-state index in [4.69, 9.17) is 5.73 Å². The number of piperazine rings is 1. The number of para-hydroxylation sites is 1. The number of likely N-dealkylation sites (tertiary alicyclic amines) is 1. The van der Waals surface area contributed by atoms with Crippen LogP contribution >= 0.6 is 0 Å². The van der Waals surface area contributed by atoms with Crippen molar-refractivity contribution in [3.8, 4) is 0 Å². The Hall–Kier alpha value is -1.79. The molecule has 27 heavy (non-hydrogen) atoms. The van der Waals surface area contributed by atoms with Gasteiger partial charge in [-0.15, -0.1) is 0 Å². The predicted molar refractivity (Wildman–Crippen MR) is 114 cm³/mol. The lowest BCUT2D eigenvalue weighted by atomic mass is 10.2. The normalized spacial score (nSPS) is 22.3. The Kier molecular flexibility index (Phi) is 7.78. The Labute approximate surface area is 164 Å². The number of hydrogen-bond donors (Lipinski definition) is 2. The van der Waals surface area contributed by atoms with Crippen LogP contribution in [0.1, 0.15) is 26.2 Å². The Morgan fingerprint density at radius 3 is 2.67 bits per heavy atom. The van der Waals surface area contributed by atoms with Crippen molar-refractivity contribution in [2.75, 3.05) is 63.8 Å². The maximum absolute atomic E-state index is 6.04. The van der Waals surface area contributed by atoms with Crippen LogP contribution in [0.5, 0.6) is 0 Å². The van der Waals surface area contributed by atoms with Crippen LogP contribution in [0.15, 0.2) is 35.3 Å². The van der Waals surface area contributed by atoms with Gasteiger partial charge in [-0.3, -0.25) is 14.8 Å². The minimum atomic E-state index is 0.580. The number of nitrogens with two attached hydrogens (primary N) is 1. The molecule has 1 atom stereocenters. The Morgan fingerprint density at radius 1 is 1.15 bits per heavy atom. The predicted octanol–water partition coefficient (Wildman–Crippen LogP) is 1.59. The molecule has 0 amide bonds. The average Bonchev–Trinajstić information content (AvgIpc) is 3.18. The van der Waals surface area contributed by atoms with E-state index in [9.17, 15) is 0 Å². The molecule has 0 aliphatic carbocycles. The highest BCUT2D eigenvalue weighted by atomic mass is 15.3. The monoisotopic (exact) mass is 372 g/mol. The van der Waals surface area contributed by atoms with Gasteiger partial charge in [0.05, 0.1) is 6.54 Å². The zero-order valence-electron chi connectivity index (χ0n) is 16.8. The molecule has 0 bridgehead atoms. The van der Waals surface area contributed by atoms with Gasteiger partial charge in [-0.05, 0) is 51.0 Å². The maximum Gasteiger partial charge on any atom is 0.188 e. The van der Waals surface area contributed by atoms with Crippen LogP contribution in [0.25, 0.3) is 0 Å². The quantitative estimate of drug-likeness (QED) is 0.412. The second-order valence-corrected chi connectivity index (χ2v) is 7.60. The summed E-state index contributed by atoms with van der Waals surface area (Å²) in [5.74, 6) is 0.604. The second kappa shape index (κ2) is 10.5. The van der Waals surface area contributed by atoms with Crippen LogP contribution in [0.4, 0.5) is 5.69 Å². The first-order valence-electron chi connectivity index (χ1n) is 10.6. The highest BCUT2D eigenvalue weighted by molar-refractivity contribution is 5.77. The lowest BCUT2D eigenvalue weighted by molar-refractivity contribution is 0.255. The summed E-state index contributed by atoms with van der Waals surface area (Å²) in [7, 11) is 0. The van der Waals surface area contributed by atoms with Gasteiger partial charge in [-0.25, -0.2) is 0 Å². The van der Waals surface area contributed by atoms with Crippen LogP contribution < -0.4 is 16.0 Å². The van der Waals surface area contributed by atoms with Gasteiger partial charge < -0.3 is 16.0 Å². The van der Waals surface area contributed by atoms with Crippen LogP contribution in [-0.2, 0) is 0 Å². The number of likely N-dealkylation sites (N-methyl/N-ethyl adjacent to an activating group) is 1. The zero-order chi connectivity index (χ0) is 18.9. The van der Waals surface area contributed by atoms with Crippen molar-refractivity contribution in [2.45, 2.75) is 32.2 Å². The number of anilines is 1. The summed E-state index contributed by atoms with van der Waals surface area (Å²) in [5.41, 5.74) is 7.38. The number of nitrogens with one attached hydrogen (secondary N) is 1. The number of hydrogen-bond acceptors (Lipinski definition) is 4. The molecule has 6 heteroatoms. The number of rotatable bonds is 8. The molecule has 1 aromatic carbocycles. The van der Waals surface area contributed by atoms with Crippen LogP contribution in [0.3, 0.4) is 0 Å². The third kappa shape index (κ3) is 6.11. The zero-order valence-corrected chi connectivity index (χ0v) is 16.8. The highest BCUT2D eigenvalue weighted by Crippen LogP contribution is 2.17. The minimum absolute atomic E-state index is 0.580. The van der Waals surface area contributed by atoms with Crippen molar-refractivity contribution < 1.29 is 0 Å². The fourth-order valence-electron chi connectivity index (χ4n) is 4.17. The second-order valence-electron chi connectivity index (χ2n) is 7.60. The molecule has 3 rings (SSSR count). The lowest BCUT2D eigenvalue weighted by Gasteiger charge is -2.36. The van der Waals surface area contributed by atoms with Crippen molar-refractivity contribution in [1.29, 1.82) is 0 Å². The maximum atomic E-state index is 6.04. The molecule has 1 aromatic rings. The van der Waals surface area contributed by atoms with E-state index < -0.39 is 0 Å². The molecule has 3 N–H and O–H groups in total. The molecule has 150 valence electrons. The summed E-state index contributed by atoms with van der Waals surface area (Å²) in [5, 5.41) is 3.29. The van der Waals surface area contributed by atoms with Gasteiger partial charge in [0.15, 0.2) is 5.96 Å². The summed E-state index contributed by atoms with van der Waals surface area (Å²) < 4.78 is 0. The molecule has 2 fully saturated rings. The summed E-state index contributed by atoms with van der Waals surface area (Å²) in [6, 6.07) is 11.3. The first-order valence-corrected chi connectivity index (χ1v) is 10.6. The van der Waals surface area contributed by atoms with Crippen LogP contribution in [0, 0.1) is 0 Å². The van der Waals surface area contributed by atoms with E-state index in [1.54, 1.807) is 0 Å². The molecule has 0 aromatic heterocycles. The van der Waals surface area contributed by atoms with Gasteiger partial charge in [-0.2, -0.15) is 0 Å². The number of nitrogens with zero attached hydrogens (tertiary/aromatic N) is 4. The van der Waals surface area contributed by atoms with Crippen molar-refractivity contribution in [2.24, 2.45) is 10.7 Å². The largest absolute Gasteiger partial charge is 0.370 e. The van der Waals surface area contributed by atoms with Crippen LogP contribution in [0.2, 0.25) is 0 Å². The topological polar surface area (TPSA) is 60.1 Å². The SMILES string of the molecule is CCN1CCCC1CN=C(N)NCCCN1CCN(c2ccccc2)CC1. The Balaban J connectivity index is 1.27. The van der Waals surface area contributed by atoms with Gasteiger partial charge in [0.25, 0.3) is 0 Å². The van der Waals surface area contributed by atoms with E-state index in [0.29, 0.717) is 12.0 Å². The molecular weight excluding hydrogens is 336 g/mol. The fourth-order valence-corrected chi connectivity index (χ4v) is 4.17. The van der Waals surface area contributed by atoms with Crippen molar-refractivity contribution in [1.82, 2.24) is 15.1 Å². The molecule has 2 saturated heterocycles. The van der Waals surface area contributed by atoms with Gasteiger partial charge in [0.1, 0.15) is 0 Å². The Morgan fingerprint density at radius 2 is 1.93 bits per heavy atom. The van der Waals surface area contributed by atoms with E-state index in [2.05, 4.69) is 62.3 Å². The molecule has 2 aliphatic rings. The summed E-state index contributed by atoms with van der Waals surface area (Å²) >= 11 is 0. The molecule has 0 radical (unpaired) electrons. The number of guanidine groups is 1. The van der Waals surface area contributed by atoms with Gasteiger partial charge in [0, 0.05) is 44.5 Å². The molecule has 0 spiro atoms. The van der Waals surface area contributed by atoms with E-state index in [1.807, 2.05) is 0 Å². The molecule has 2 aliphatic heterocycles. The van der Waals surface area contributed by atoms with Crippen molar-refractivity contribution >= 4 is 11.6 Å². The van der Waals surface area contributed by atoms with Gasteiger partial charge >= 0.3 is 0 Å². The van der Waals surface area contributed by atoms with Crippen LogP contribution in [-0.4, -0.2) is 80.7 Å². The first-order chi connectivity index (χ1) is 13.3. The van der Waals surface area contributed by atoms with E-state index in [1.165, 1.54) is 25.1 Å². The van der Waals surface area contributed by atoms with Crippen molar-refractivity contribution in [3.05, 3.63) is 30.3 Å². The fraction of sp³-hybridized carbons (Fsp3) is 0.667. The molecular formula is C21H36N6. The molecule has 6 nitrogen and oxygen atoms in total. The average molecular weight is 373 g/mol. The standard InChI is InChI=1S/C21H36N6/c1-2-26-13-6-10-20(26)18-24-21(22)23-11-7-12-25-14-16-27(17-15-25)19-8-4-3-5-9-19/h3-5,8-9,20H,2,6-7,10-18H2,1H3,(H3,22,23,24). The molecule has 1 unspecified atom stereocenters. The lowest BCUT2D eigenvalue weighted by Crippen LogP contribution is -2.47. The first kappa shape index (κ1) is 20.0. The summed E-state index contributed by atoms with van der Waals surface area (Å²) in [6.07, 6.45) is 3.64. The third-order valence-corrected chi connectivity index (χ3v) is 5.83. The van der Waals surface area contributed by atoms with E-state index >= 15 is 0 Å². The van der Waals surface area contributed by atoms with E-state index in [0.717, 1.165) is 58.8 Å². The number of benzene rings is 1. The smallest absolute Gasteiger partial charge is 0.188 e. The Bertz CT molecular complexity index is 567. The third-order valence-electron chi connectivity index (χ3n) is 5.83. The van der Waals surface area contributed by atoms with Gasteiger partial charge in [0.2, 0.25) is 0 Å². The number of aliphatic imine (C=N–C) groups is 1.